The van der Waals surface area contributed by atoms with Gasteiger partial charge >= 0.3 is 0 Å². The number of carbonyl (C=O) groups is 1. The highest BCUT2D eigenvalue weighted by molar-refractivity contribution is 7.89. The van der Waals surface area contributed by atoms with Crippen LogP contribution >= 0.6 is 11.6 Å². The summed E-state index contributed by atoms with van der Waals surface area (Å²) in [6.45, 7) is 7.38. The van der Waals surface area contributed by atoms with Gasteiger partial charge in [-0.2, -0.15) is 9.41 Å². The number of halogens is 1. The molecule has 0 aliphatic rings. The first-order chi connectivity index (χ1) is 17.1. The van der Waals surface area contributed by atoms with Gasteiger partial charge in [-0.1, -0.05) is 53.6 Å². The largest absolute Gasteiger partial charge is 0.493 e. The molecule has 0 bridgehead atoms. The first-order valence-corrected chi connectivity index (χ1v) is 13.3. The second-order valence-corrected chi connectivity index (χ2v) is 10.7. The zero-order valence-corrected chi connectivity index (χ0v) is 22.4. The molecule has 36 heavy (non-hydrogen) atoms. The minimum absolute atomic E-state index is 0.00341. The van der Waals surface area contributed by atoms with Crippen LogP contribution in [0.4, 0.5) is 0 Å². The van der Waals surface area contributed by atoms with Crippen LogP contribution in [0.3, 0.4) is 0 Å². The summed E-state index contributed by atoms with van der Waals surface area (Å²) in [6, 6.07) is 17.8. The number of nitrogens with zero attached hydrogens (tertiary/aromatic N) is 2. The summed E-state index contributed by atoms with van der Waals surface area (Å²) in [5.74, 6) is 0.0651. The van der Waals surface area contributed by atoms with Crippen molar-refractivity contribution >= 4 is 33.7 Å². The van der Waals surface area contributed by atoms with E-state index in [1.165, 1.54) is 6.21 Å². The lowest BCUT2D eigenvalue weighted by molar-refractivity contribution is -0.121. The molecule has 0 radical (unpaired) electrons. The highest BCUT2D eigenvalue weighted by Crippen LogP contribution is 2.26. The Labute approximate surface area is 217 Å². The number of benzene rings is 3. The van der Waals surface area contributed by atoms with Crippen molar-refractivity contribution in [3.05, 3.63) is 93.5 Å². The standard InChI is InChI=1S/C27H30ClN3O4S/c1-5-35-25-9-7-6-8-23(25)16-29-30-26(32)18-31(17-22-10-12-24(28)13-11-22)36(33,34)27-20(3)14-19(2)15-21(27)4/h6-16H,5,17-18H2,1-4H3,(H,30,32)/b29-16+. The van der Waals surface area contributed by atoms with Gasteiger partial charge in [-0.15, -0.1) is 0 Å². The van der Waals surface area contributed by atoms with E-state index in [0.29, 0.717) is 39.6 Å². The van der Waals surface area contributed by atoms with Crippen molar-refractivity contribution in [1.29, 1.82) is 0 Å². The average molecular weight is 528 g/mol. The number of ether oxygens (including phenoxy) is 1. The molecule has 190 valence electrons. The summed E-state index contributed by atoms with van der Waals surface area (Å²) in [6.07, 6.45) is 1.47. The summed E-state index contributed by atoms with van der Waals surface area (Å²) in [5, 5.41) is 4.55. The third-order valence-electron chi connectivity index (χ3n) is 5.41. The van der Waals surface area contributed by atoms with Gasteiger partial charge in [0.2, 0.25) is 10.0 Å². The van der Waals surface area contributed by atoms with E-state index in [1.54, 1.807) is 50.2 Å². The smallest absolute Gasteiger partial charge is 0.255 e. The Morgan fingerprint density at radius 3 is 2.33 bits per heavy atom. The number of para-hydroxylation sites is 1. The van der Waals surface area contributed by atoms with Crippen LogP contribution < -0.4 is 10.2 Å². The average Bonchev–Trinajstić information content (AvgIpc) is 2.80. The Bertz CT molecular complexity index is 1330. The molecule has 0 heterocycles. The molecule has 3 aromatic rings. The number of nitrogens with one attached hydrogen (secondary N) is 1. The molecule has 0 unspecified atom stereocenters. The lowest BCUT2D eigenvalue weighted by Gasteiger charge is -2.24. The molecule has 7 nitrogen and oxygen atoms in total. The number of amides is 1. The lowest BCUT2D eigenvalue weighted by Crippen LogP contribution is -2.39. The van der Waals surface area contributed by atoms with E-state index in [1.807, 2.05) is 38.1 Å². The van der Waals surface area contributed by atoms with Crippen molar-refractivity contribution in [2.75, 3.05) is 13.2 Å². The van der Waals surface area contributed by atoms with Crippen molar-refractivity contribution in [3.8, 4) is 5.75 Å². The fourth-order valence-corrected chi connectivity index (χ4v) is 5.89. The van der Waals surface area contributed by atoms with Crippen LogP contribution in [0.2, 0.25) is 5.02 Å². The maximum absolute atomic E-state index is 13.8. The quantitative estimate of drug-likeness (QED) is 0.297. The van der Waals surface area contributed by atoms with E-state index in [-0.39, 0.29) is 11.4 Å². The first kappa shape index (κ1) is 27.4. The molecule has 9 heteroatoms. The first-order valence-electron chi connectivity index (χ1n) is 11.5. The van der Waals surface area contributed by atoms with E-state index in [4.69, 9.17) is 16.3 Å². The molecule has 3 aromatic carbocycles. The number of carbonyl (C=O) groups excluding carboxylic acids is 1. The van der Waals surface area contributed by atoms with Crippen molar-refractivity contribution in [2.24, 2.45) is 5.10 Å². The molecule has 0 spiro atoms. The Balaban J connectivity index is 1.86. The maximum Gasteiger partial charge on any atom is 0.255 e. The predicted molar refractivity (Wildman–Crippen MR) is 143 cm³/mol. The van der Waals surface area contributed by atoms with Gasteiger partial charge in [-0.3, -0.25) is 4.79 Å². The van der Waals surface area contributed by atoms with Gasteiger partial charge in [-0.25, -0.2) is 13.8 Å². The van der Waals surface area contributed by atoms with Gasteiger partial charge in [0.1, 0.15) is 5.75 Å². The number of sulfonamides is 1. The third kappa shape index (κ3) is 6.94. The van der Waals surface area contributed by atoms with Crippen LogP contribution in [0, 0.1) is 20.8 Å². The van der Waals surface area contributed by atoms with E-state index in [9.17, 15) is 13.2 Å². The van der Waals surface area contributed by atoms with Crippen molar-refractivity contribution in [3.63, 3.8) is 0 Å². The molecule has 0 atom stereocenters. The highest BCUT2D eigenvalue weighted by atomic mass is 35.5. The monoisotopic (exact) mass is 527 g/mol. The van der Waals surface area contributed by atoms with Crippen LogP contribution in [-0.2, 0) is 21.4 Å². The molecule has 0 saturated carbocycles. The SMILES string of the molecule is CCOc1ccccc1/C=N/NC(=O)CN(Cc1ccc(Cl)cc1)S(=O)(=O)c1c(C)cc(C)cc1C. The van der Waals surface area contributed by atoms with E-state index in [2.05, 4.69) is 10.5 Å². The third-order valence-corrected chi connectivity index (χ3v) is 7.76. The fraction of sp³-hybridized carbons (Fsp3) is 0.259. The van der Waals surface area contributed by atoms with E-state index in [0.717, 1.165) is 9.87 Å². The Kier molecular flexibility index (Phi) is 9.25. The van der Waals surface area contributed by atoms with Gasteiger partial charge in [0.25, 0.3) is 5.91 Å². The van der Waals surface area contributed by atoms with E-state index >= 15 is 0 Å². The number of hydrogen-bond donors (Lipinski definition) is 1. The molecule has 1 amide bonds. The van der Waals surface area contributed by atoms with Gasteiger partial charge in [0, 0.05) is 17.1 Å². The zero-order chi connectivity index (χ0) is 26.3. The highest BCUT2D eigenvalue weighted by Gasteiger charge is 2.30. The fourth-order valence-electron chi connectivity index (χ4n) is 3.97. The predicted octanol–water partition coefficient (Wildman–Crippen LogP) is 5.01. The molecular weight excluding hydrogens is 498 g/mol. The van der Waals surface area contributed by atoms with Crippen LogP contribution in [0.1, 0.15) is 34.7 Å². The summed E-state index contributed by atoms with van der Waals surface area (Å²) < 4.78 is 34.2. The topological polar surface area (TPSA) is 88.1 Å². The van der Waals surface area contributed by atoms with Gasteiger partial charge in [0.15, 0.2) is 0 Å². The van der Waals surface area contributed by atoms with Crippen LogP contribution in [0.5, 0.6) is 5.75 Å². The molecule has 0 aromatic heterocycles. The minimum Gasteiger partial charge on any atom is -0.493 e. The lowest BCUT2D eigenvalue weighted by atomic mass is 10.1. The number of rotatable bonds is 10. The van der Waals surface area contributed by atoms with Crippen LogP contribution in [0.25, 0.3) is 0 Å². The van der Waals surface area contributed by atoms with Crippen LogP contribution in [0.15, 0.2) is 70.7 Å². The molecule has 3 rings (SSSR count). The summed E-state index contributed by atoms with van der Waals surface area (Å²) in [7, 11) is -4.01. The van der Waals surface area contributed by atoms with Crippen molar-refractivity contribution in [1.82, 2.24) is 9.73 Å². The molecule has 0 aliphatic heterocycles. The maximum atomic E-state index is 13.8. The molecule has 0 fully saturated rings. The Morgan fingerprint density at radius 2 is 1.69 bits per heavy atom. The van der Waals surface area contributed by atoms with Crippen LogP contribution in [-0.4, -0.2) is 38.0 Å². The number of hydrogen-bond acceptors (Lipinski definition) is 5. The van der Waals surface area contributed by atoms with Crippen molar-refractivity contribution in [2.45, 2.75) is 39.1 Å². The normalized spacial score (nSPS) is 11.7. The Hall–Kier alpha value is -3.20. The number of hydrazone groups is 1. The second kappa shape index (κ2) is 12.2. The molecule has 0 aliphatic carbocycles. The molecule has 0 saturated heterocycles. The molecular formula is C27H30ClN3O4S. The minimum atomic E-state index is -4.01. The summed E-state index contributed by atoms with van der Waals surface area (Å²) >= 11 is 5.99. The van der Waals surface area contributed by atoms with Gasteiger partial charge in [0.05, 0.1) is 24.3 Å². The summed E-state index contributed by atoms with van der Waals surface area (Å²) in [5.41, 5.74) is 6.04. The van der Waals surface area contributed by atoms with Gasteiger partial charge < -0.3 is 4.74 Å². The summed E-state index contributed by atoms with van der Waals surface area (Å²) in [4.78, 5) is 13.0. The number of aryl methyl sites for hydroxylation is 3. The molecule has 1 N–H and O–H groups in total. The van der Waals surface area contributed by atoms with E-state index < -0.39 is 22.5 Å². The Morgan fingerprint density at radius 1 is 1.06 bits per heavy atom. The van der Waals surface area contributed by atoms with Crippen molar-refractivity contribution < 1.29 is 17.9 Å². The second-order valence-electron chi connectivity index (χ2n) is 8.39. The van der Waals surface area contributed by atoms with Gasteiger partial charge in [-0.05, 0) is 68.7 Å². The zero-order valence-electron chi connectivity index (χ0n) is 20.8.